The van der Waals surface area contributed by atoms with E-state index in [0.717, 1.165) is 11.3 Å². The van der Waals surface area contributed by atoms with Crippen LogP contribution in [0.2, 0.25) is 0 Å². The molecular weight excluding hydrogens is 331 g/mol. The average molecular weight is 350 g/mol. The summed E-state index contributed by atoms with van der Waals surface area (Å²) in [6.45, 7) is 5.82. The molecule has 1 aromatic heterocycles. The van der Waals surface area contributed by atoms with Gasteiger partial charge in [0.2, 0.25) is 5.95 Å². The predicted octanol–water partition coefficient (Wildman–Crippen LogP) is 4.54. The van der Waals surface area contributed by atoms with Gasteiger partial charge in [0.25, 0.3) is 5.91 Å². The number of halogens is 1. The Morgan fingerprint density at radius 1 is 0.962 bits per heavy atom. The highest BCUT2D eigenvalue weighted by atomic mass is 19.1. The zero-order valence-corrected chi connectivity index (χ0v) is 14.8. The maximum absolute atomic E-state index is 13.7. The second-order valence-electron chi connectivity index (χ2n) is 6.08. The fourth-order valence-corrected chi connectivity index (χ4v) is 2.44. The van der Waals surface area contributed by atoms with Crippen molar-refractivity contribution < 1.29 is 9.18 Å². The number of nitrogens with zero attached hydrogens (tertiary/aromatic N) is 2. The van der Waals surface area contributed by atoms with Gasteiger partial charge in [-0.2, -0.15) is 0 Å². The summed E-state index contributed by atoms with van der Waals surface area (Å²) in [6.07, 6.45) is 0. The number of para-hydroxylation sites is 1. The van der Waals surface area contributed by atoms with Gasteiger partial charge in [0.05, 0.1) is 5.69 Å². The average Bonchev–Trinajstić information content (AvgIpc) is 2.59. The highest BCUT2D eigenvalue weighted by Gasteiger charge is 2.13. The minimum atomic E-state index is -0.500. The van der Waals surface area contributed by atoms with E-state index < -0.39 is 11.7 Å². The lowest BCUT2D eigenvalue weighted by Gasteiger charge is -2.10. The number of carbonyl (C=O) groups excluding carboxylic acids is 1. The topological polar surface area (TPSA) is 66.9 Å². The molecule has 0 aliphatic rings. The Labute approximate surface area is 151 Å². The van der Waals surface area contributed by atoms with E-state index in [1.807, 2.05) is 32.0 Å². The van der Waals surface area contributed by atoms with Crippen LogP contribution >= 0.6 is 0 Å². The van der Waals surface area contributed by atoms with Gasteiger partial charge >= 0.3 is 0 Å². The van der Waals surface area contributed by atoms with Crippen molar-refractivity contribution in [2.75, 3.05) is 10.6 Å². The lowest BCUT2D eigenvalue weighted by molar-refractivity contribution is 0.102. The molecule has 1 heterocycles. The highest BCUT2D eigenvalue weighted by molar-refractivity contribution is 6.03. The smallest absolute Gasteiger partial charge is 0.274 e. The molecule has 1 amide bonds. The van der Waals surface area contributed by atoms with Crippen LogP contribution in [-0.2, 0) is 0 Å². The van der Waals surface area contributed by atoms with Crippen molar-refractivity contribution in [3.8, 4) is 0 Å². The van der Waals surface area contributed by atoms with E-state index in [-0.39, 0.29) is 11.4 Å². The Morgan fingerprint density at radius 3 is 2.46 bits per heavy atom. The Bertz CT molecular complexity index is 972. The number of anilines is 3. The molecule has 0 unspecified atom stereocenters. The maximum Gasteiger partial charge on any atom is 0.274 e. The number of aryl methyl sites for hydroxylation is 3. The summed E-state index contributed by atoms with van der Waals surface area (Å²) in [6, 6.07) is 13.5. The number of rotatable bonds is 4. The highest BCUT2D eigenvalue weighted by Crippen LogP contribution is 2.19. The van der Waals surface area contributed by atoms with Crippen molar-refractivity contribution in [2.24, 2.45) is 0 Å². The maximum atomic E-state index is 13.7. The largest absolute Gasteiger partial charge is 0.324 e. The summed E-state index contributed by atoms with van der Waals surface area (Å²) in [5.74, 6) is -0.684. The molecule has 0 bridgehead atoms. The van der Waals surface area contributed by atoms with Crippen LogP contribution in [0.4, 0.5) is 21.7 Å². The molecule has 26 heavy (non-hydrogen) atoms. The molecule has 0 fully saturated rings. The first-order valence-electron chi connectivity index (χ1n) is 8.18. The van der Waals surface area contributed by atoms with E-state index in [2.05, 4.69) is 20.6 Å². The quantitative estimate of drug-likeness (QED) is 0.725. The number of benzene rings is 2. The lowest BCUT2D eigenvalue weighted by Crippen LogP contribution is -2.16. The molecule has 2 aromatic carbocycles. The number of nitrogens with one attached hydrogen (secondary N) is 2. The van der Waals surface area contributed by atoms with Crippen LogP contribution in [-0.4, -0.2) is 15.9 Å². The standard InChI is InChI=1S/C20H19FN4O/c1-12-8-9-15(10-13(12)2)23-20-22-14(3)11-18(25-20)19(26)24-17-7-5-4-6-16(17)21/h4-11H,1-3H3,(H,24,26)(H,22,23,25). The number of aromatic nitrogens is 2. The third kappa shape index (κ3) is 4.03. The first-order chi connectivity index (χ1) is 12.4. The second-order valence-corrected chi connectivity index (χ2v) is 6.08. The minimum Gasteiger partial charge on any atom is -0.324 e. The fourth-order valence-electron chi connectivity index (χ4n) is 2.44. The molecule has 5 nitrogen and oxygen atoms in total. The van der Waals surface area contributed by atoms with Gasteiger partial charge in [-0.05, 0) is 62.2 Å². The summed E-state index contributed by atoms with van der Waals surface area (Å²) in [4.78, 5) is 21.0. The van der Waals surface area contributed by atoms with Crippen LogP contribution in [0.25, 0.3) is 0 Å². The van der Waals surface area contributed by atoms with Crippen LogP contribution in [0.15, 0.2) is 48.5 Å². The molecule has 3 rings (SSSR count). The molecule has 0 aliphatic heterocycles. The van der Waals surface area contributed by atoms with E-state index in [9.17, 15) is 9.18 Å². The van der Waals surface area contributed by atoms with Crippen LogP contribution in [0, 0.1) is 26.6 Å². The predicted molar refractivity (Wildman–Crippen MR) is 100 cm³/mol. The van der Waals surface area contributed by atoms with Crippen molar-refractivity contribution in [3.05, 3.63) is 76.9 Å². The summed E-state index contributed by atoms with van der Waals surface area (Å²) in [5.41, 5.74) is 4.06. The number of hydrogen-bond donors (Lipinski definition) is 2. The summed E-state index contributed by atoms with van der Waals surface area (Å²) in [7, 11) is 0. The number of hydrogen-bond acceptors (Lipinski definition) is 4. The van der Waals surface area contributed by atoms with Gasteiger partial charge in [-0.1, -0.05) is 18.2 Å². The Kier molecular flexibility index (Phi) is 4.93. The van der Waals surface area contributed by atoms with Gasteiger partial charge in [-0.3, -0.25) is 4.79 Å². The molecule has 0 atom stereocenters. The lowest BCUT2D eigenvalue weighted by atomic mass is 10.1. The van der Waals surface area contributed by atoms with E-state index in [4.69, 9.17) is 0 Å². The third-order valence-corrected chi connectivity index (χ3v) is 3.97. The number of carbonyl (C=O) groups is 1. The van der Waals surface area contributed by atoms with Gasteiger partial charge in [-0.15, -0.1) is 0 Å². The molecule has 0 spiro atoms. The second kappa shape index (κ2) is 7.31. The molecule has 0 radical (unpaired) electrons. The molecule has 132 valence electrons. The van der Waals surface area contributed by atoms with Gasteiger partial charge in [-0.25, -0.2) is 14.4 Å². The first kappa shape index (κ1) is 17.5. The van der Waals surface area contributed by atoms with Crippen molar-refractivity contribution in [1.29, 1.82) is 0 Å². The Hall–Kier alpha value is -3.28. The minimum absolute atomic E-state index is 0.109. The first-order valence-corrected chi connectivity index (χ1v) is 8.18. The molecule has 0 saturated heterocycles. The van der Waals surface area contributed by atoms with Gasteiger partial charge < -0.3 is 10.6 Å². The Morgan fingerprint density at radius 2 is 1.73 bits per heavy atom. The van der Waals surface area contributed by atoms with Gasteiger partial charge in [0, 0.05) is 11.4 Å². The van der Waals surface area contributed by atoms with Crippen LogP contribution in [0.1, 0.15) is 27.3 Å². The van der Waals surface area contributed by atoms with E-state index in [0.29, 0.717) is 11.6 Å². The van der Waals surface area contributed by atoms with E-state index in [1.165, 1.54) is 17.7 Å². The van der Waals surface area contributed by atoms with Crippen LogP contribution in [0.5, 0.6) is 0 Å². The zero-order valence-electron chi connectivity index (χ0n) is 14.8. The molecule has 6 heteroatoms. The van der Waals surface area contributed by atoms with Crippen molar-refractivity contribution >= 4 is 23.2 Å². The third-order valence-electron chi connectivity index (χ3n) is 3.97. The van der Waals surface area contributed by atoms with Crippen molar-refractivity contribution in [3.63, 3.8) is 0 Å². The monoisotopic (exact) mass is 350 g/mol. The summed E-state index contributed by atoms with van der Waals surface area (Å²) >= 11 is 0. The molecule has 0 saturated carbocycles. The zero-order chi connectivity index (χ0) is 18.7. The molecule has 2 N–H and O–H groups in total. The van der Waals surface area contributed by atoms with E-state index >= 15 is 0 Å². The fraction of sp³-hybridized carbons (Fsp3) is 0.150. The van der Waals surface area contributed by atoms with Gasteiger partial charge in [0.15, 0.2) is 0 Å². The summed E-state index contributed by atoms with van der Waals surface area (Å²) in [5, 5.41) is 5.64. The molecule has 3 aromatic rings. The normalized spacial score (nSPS) is 10.5. The Balaban J connectivity index is 1.84. The molecular formula is C20H19FN4O. The summed E-state index contributed by atoms with van der Waals surface area (Å²) < 4.78 is 13.7. The van der Waals surface area contributed by atoms with Crippen LogP contribution < -0.4 is 10.6 Å². The molecule has 0 aliphatic carbocycles. The van der Waals surface area contributed by atoms with Crippen molar-refractivity contribution in [1.82, 2.24) is 9.97 Å². The SMILES string of the molecule is Cc1cc(C(=O)Nc2ccccc2F)nc(Nc2ccc(C)c(C)c2)n1. The number of amides is 1. The van der Waals surface area contributed by atoms with Gasteiger partial charge in [0.1, 0.15) is 11.5 Å². The van der Waals surface area contributed by atoms with Crippen molar-refractivity contribution in [2.45, 2.75) is 20.8 Å². The van der Waals surface area contributed by atoms with Crippen LogP contribution in [0.3, 0.4) is 0 Å². The van der Waals surface area contributed by atoms with E-state index in [1.54, 1.807) is 25.1 Å².